The van der Waals surface area contributed by atoms with E-state index in [4.69, 9.17) is 10.5 Å². The first kappa shape index (κ1) is 13.6. The van der Waals surface area contributed by atoms with E-state index in [1.807, 2.05) is 34.9 Å². The maximum Gasteiger partial charge on any atom is 0.142 e. The molecule has 0 saturated carbocycles. The molecule has 1 aromatic carbocycles. The van der Waals surface area contributed by atoms with E-state index in [0.717, 1.165) is 27.2 Å². The number of rotatable bonds is 3. The molecule has 0 atom stereocenters. The molecule has 21 heavy (non-hydrogen) atoms. The predicted octanol–water partition coefficient (Wildman–Crippen LogP) is 3.29. The van der Waals surface area contributed by atoms with Gasteiger partial charge in [-0.05, 0) is 30.3 Å². The van der Waals surface area contributed by atoms with Crippen LogP contribution in [0.2, 0.25) is 0 Å². The molecule has 2 N–H and O–H groups in total. The van der Waals surface area contributed by atoms with Crippen LogP contribution in [-0.4, -0.2) is 21.6 Å². The molecule has 0 fully saturated rings. The minimum atomic E-state index is 0.466. The van der Waals surface area contributed by atoms with E-state index in [-0.39, 0.29) is 0 Å². The van der Waals surface area contributed by atoms with Crippen molar-refractivity contribution in [1.82, 2.24) is 14.5 Å². The Bertz CT molecular complexity index is 785. The zero-order valence-corrected chi connectivity index (χ0v) is 12.9. The molecule has 0 aliphatic carbocycles. The van der Waals surface area contributed by atoms with Crippen LogP contribution >= 0.6 is 15.9 Å². The van der Waals surface area contributed by atoms with Crippen LogP contribution < -0.4 is 10.5 Å². The lowest BCUT2D eigenvalue weighted by atomic mass is 10.2. The van der Waals surface area contributed by atoms with Gasteiger partial charge in [-0.2, -0.15) is 0 Å². The van der Waals surface area contributed by atoms with E-state index in [9.17, 15) is 0 Å². The van der Waals surface area contributed by atoms with Gasteiger partial charge in [0.05, 0.1) is 31.0 Å². The van der Waals surface area contributed by atoms with Gasteiger partial charge in [-0.3, -0.25) is 4.57 Å². The number of ether oxygens (including phenoxy) is 1. The average Bonchev–Trinajstić information content (AvgIpc) is 2.96. The molecule has 106 valence electrons. The standard InChI is InChI=1S/C15H13BrN4O/c1-21-14-5-4-10(16)7-12(14)20-9-18-8-13(20)11-3-2-6-19-15(11)17/h2-9H,1H3,(H2,17,19). The number of halogens is 1. The van der Waals surface area contributed by atoms with Crippen molar-refractivity contribution in [3.63, 3.8) is 0 Å². The molecular weight excluding hydrogens is 332 g/mol. The summed E-state index contributed by atoms with van der Waals surface area (Å²) in [5.41, 5.74) is 8.53. The van der Waals surface area contributed by atoms with Crippen molar-refractivity contribution in [2.45, 2.75) is 0 Å². The number of pyridine rings is 1. The number of aromatic nitrogens is 3. The van der Waals surface area contributed by atoms with E-state index >= 15 is 0 Å². The molecule has 0 bridgehead atoms. The van der Waals surface area contributed by atoms with Crippen molar-refractivity contribution >= 4 is 21.7 Å². The number of benzene rings is 1. The molecule has 0 spiro atoms. The summed E-state index contributed by atoms with van der Waals surface area (Å²) in [7, 11) is 1.64. The molecular formula is C15H13BrN4O. The highest BCUT2D eigenvalue weighted by molar-refractivity contribution is 9.10. The summed E-state index contributed by atoms with van der Waals surface area (Å²) in [5, 5.41) is 0. The van der Waals surface area contributed by atoms with Gasteiger partial charge in [0, 0.05) is 16.2 Å². The molecule has 2 heterocycles. The Morgan fingerprint density at radius 3 is 2.90 bits per heavy atom. The topological polar surface area (TPSA) is 66.0 Å². The van der Waals surface area contributed by atoms with Crippen LogP contribution in [0.5, 0.6) is 5.75 Å². The number of nitrogens with two attached hydrogens (primary N) is 1. The third kappa shape index (κ3) is 2.50. The SMILES string of the molecule is COc1ccc(Br)cc1-n1cncc1-c1cccnc1N. The minimum absolute atomic E-state index is 0.466. The van der Waals surface area contributed by atoms with Crippen LogP contribution in [0.1, 0.15) is 0 Å². The second kappa shape index (κ2) is 5.57. The van der Waals surface area contributed by atoms with Gasteiger partial charge in [-0.25, -0.2) is 9.97 Å². The van der Waals surface area contributed by atoms with Gasteiger partial charge < -0.3 is 10.5 Å². The monoisotopic (exact) mass is 344 g/mol. The molecule has 0 saturated heterocycles. The summed E-state index contributed by atoms with van der Waals surface area (Å²) in [4.78, 5) is 8.36. The fourth-order valence-electron chi connectivity index (χ4n) is 2.17. The third-order valence-corrected chi connectivity index (χ3v) is 3.65. The van der Waals surface area contributed by atoms with Crippen molar-refractivity contribution in [2.75, 3.05) is 12.8 Å². The number of nitrogen functional groups attached to an aromatic ring is 1. The van der Waals surface area contributed by atoms with Gasteiger partial charge in [0.2, 0.25) is 0 Å². The zero-order chi connectivity index (χ0) is 14.8. The van der Waals surface area contributed by atoms with Crippen molar-refractivity contribution < 1.29 is 4.74 Å². The van der Waals surface area contributed by atoms with Crippen LogP contribution in [0.4, 0.5) is 5.82 Å². The van der Waals surface area contributed by atoms with E-state index in [0.29, 0.717) is 5.82 Å². The Hall–Kier alpha value is -2.34. The van der Waals surface area contributed by atoms with Crippen LogP contribution in [-0.2, 0) is 0 Å². The molecule has 5 nitrogen and oxygen atoms in total. The van der Waals surface area contributed by atoms with Crippen molar-refractivity contribution in [1.29, 1.82) is 0 Å². The molecule has 2 aromatic heterocycles. The van der Waals surface area contributed by atoms with E-state index in [2.05, 4.69) is 25.9 Å². The predicted molar refractivity (Wildman–Crippen MR) is 85.5 cm³/mol. The van der Waals surface area contributed by atoms with Crippen LogP contribution in [0, 0.1) is 0 Å². The molecule has 3 aromatic rings. The number of imidazole rings is 1. The van der Waals surface area contributed by atoms with E-state index in [1.54, 1.807) is 25.8 Å². The third-order valence-electron chi connectivity index (χ3n) is 3.15. The molecule has 0 aliphatic heterocycles. The quantitative estimate of drug-likeness (QED) is 0.791. The van der Waals surface area contributed by atoms with Gasteiger partial charge in [0.25, 0.3) is 0 Å². The summed E-state index contributed by atoms with van der Waals surface area (Å²) in [6, 6.07) is 9.56. The Labute approximate surface area is 130 Å². The Kier molecular flexibility index (Phi) is 3.62. The lowest BCUT2D eigenvalue weighted by Crippen LogP contribution is -2.01. The Morgan fingerprint density at radius 1 is 1.29 bits per heavy atom. The van der Waals surface area contributed by atoms with Crippen LogP contribution in [0.25, 0.3) is 16.9 Å². The van der Waals surface area contributed by atoms with Gasteiger partial charge in [-0.1, -0.05) is 15.9 Å². The fraction of sp³-hybridized carbons (Fsp3) is 0.0667. The van der Waals surface area contributed by atoms with Gasteiger partial charge >= 0.3 is 0 Å². The Balaban J connectivity index is 2.21. The molecule has 0 unspecified atom stereocenters. The Morgan fingerprint density at radius 2 is 2.14 bits per heavy atom. The fourth-order valence-corrected chi connectivity index (χ4v) is 2.52. The summed E-state index contributed by atoms with van der Waals surface area (Å²) in [6.07, 6.45) is 5.15. The molecule has 0 radical (unpaired) electrons. The first-order valence-electron chi connectivity index (χ1n) is 6.28. The van der Waals surface area contributed by atoms with Crippen molar-refractivity contribution in [2.24, 2.45) is 0 Å². The van der Waals surface area contributed by atoms with Crippen molar-refractivity contribution in [3.05, 3.63) is 53.5 Å². The lowest BCUT2D eigenvalue weighted by Gasteiger charge is -2.13. The smallest absolute Gasteiger partial charge is 0.142 e. The maximum absolute atomic E-state index is 5.97. The highest BCUT2D eigenvalue weighted by Crippen LogP contribution is 2.32. The first-order chi connectivity index (χ1) is 10.2. The number of hydrogen-bond donors (Lipinski definition) is 1. The molecule has 0 amide bonds. The van der Waals surface area contributed by atoms with Crippen LogP contribution in [0.3, 0.4) is 0 Å². The molecule has 3 rings (SSSR count). The first-order valence-corrected chi connectivity index (χ1v) is 7.07. The number of hydrogen-bond acceptors (Lipinski definition) is 4. The zero-order valence-electron chi connectivity index (χ0n) is 11.3. The summed E-state index contributed by atoms with van der Waals surface area (Å²) < 4.78 is 8.31. The average molecular weight is 345 g/mol. The summed E-state index contributed by atoms with van der Waals surface area (Å²) in [5.74, 6) is 1.22. The molecule has 6 heteroatoms. The second-order valence-corrected chi connectivity index (χ2v) is 5.32. The summed E-state index contributed by atoms with van der Waals surface area (Å²) in [6.45, 7) is 0. The van der Waals surface area contributed by atoms with E-state index in [1.165, 1.54) is 0 Å². The minimum Gasteiger partial charge on any atom is -0.495 e. The highest BCUT2D eigenvalue weighted by Gasteiger charge is 2.13. The maximum atomic E-state index is 5.97. The number of anilines is 1. The van der Waals surface area contributed by atoms with E-state index < -0.39 is 0 Å². The normalized spacial score (nSPS) is 10.6. The highest BCUT2D eigenvalue weighted by atomic mass is 79.9. The second-order valence-electron chi connectivity index (χ2n) is 4.40. The van der Waals surface area contributed by atoms with Crippen LogP contribution in [0.15, 0.2) is 53.5 Å². The van der Waals surface area contributed by atoms with Gasteiger partial charge in [0.15, 0.2) is 0 Å². The summed E-state index contributed by atoms with van der Waals surface area (Å²) >= 11 is 3.48. The van der Waals surface area contributed by atoms with Crippen molar-refractivity contribution in [3.8, 4) is 22.7 Å². The number of nitrogens with zero attached hydrogens (tertiary/aromatic N) is 3. The van der Waals surface area contributed by atoms with Gasteiger partial charge in [0.1, 0.15) is 11.6 Å². The molecule has 0 aliphatic rings. The largest absolute Gasteiger partial charge is 0.495 e. The van der Waals surface area contributed by atoms with Gasteiger partial charge in [-0.15, -0.1) is 0 Å². The lowest BCUT2D eigenvalue weighted by molar-refractivity contribution is 0.413. The number of methoxy groups -OCH3 is 1.